The van der Waals surface area contributed by atoms with Crippen molar-refractivity contribution in [2.45, 2.75) is 44.8 Å². The highest BCUT2D eigenvalue weighted by molar-refractivity contribution is 7.99. The third kappa shape index (κ3) is 6.31. The van der Waals surface area contributed by atoms with Crippen LogP contribution in [0.5, 0.6) is 0 Å². The highest BCUT2D eigenvalue weighted by Gasteiger charge is 2.39. The zero-order chi connectivity index (χ0) is 26.1. The van der Waals surface area contributed by atoms with Crippen LogP contribution in [0.1, 0.15) is 36.4 Å². The Morgan fingerprint density at radius 2 is 1.86 bits per heavy atom. The molecule has 0 radical (unpaired) electrons. The Morgan fingerprint density at radius 3 is 2.46 bits per heavy atom. The Balaban J connectivity index is 2.05. The van der Waals surface area contributed by atoms with Crippen molar-refractivity contribution in [2.75, 3.05) is 18.8 Å². The third-order valence-electron chi connectivity index (χ3n) is 5.60. The van der Waals surface area contributed by atoms with Crippen molar-refractivity contribution in [1.82, 2.24) is 14.7 Å². The molecule has 0 aliphatic carbocycles. The van der Waals surface area contributed by atoms with Crippen molar-refractivity contribution in [3.8, 4) is 11.1 Å². The fourth-order valence-electron chi connectivity index (χ4n) is 3.92. The lowest BCUT2D eigenvalue weighted by atomic mass is 9.97. The molecule has 190 valence electrons. The fraction of sp³-hybridized carbons (Fsp3) is 0.400. The first-order valence-electron chi connectivity index (χ1n) is 11.2. The molecule has 1 aromatic heterocycles. The maximum atomic E-state index is 14.1. The van der Waals surface area contributed by atoms with Crippen LogP contribution in [0.25, 0.3) is 11.1 Å². The van der Waals surface area contributed by atoms with Gasteiger partial charge in [-0.2, -0.15) is 27.5 Å². The summed E-state index contributed by atoms with van der Waals surface area (Å²) in [4.78, 5) is 1.57. The molecular formula is C25H32F3N4O2S+. The molecule has 0 saturated heterocycles. The van der Waals surface area contributed by atoms with E-state index in [1.54, 1.807) is 36.9 Å². The number of aromatic nitrogens is 2. The zero-order valence-corrected chi connectivity index (χ0v) is 21.6. The van der Waals surface area contributed by atoms with Crippen molar-refractivity contribution in [3.05, 3.63) is 65.0 Å². The molecule has 2 N–H and O–H groups in total. The summed E-state index contributed by atoms with van der Waals surface area (Å²) in [5, 5.41) is 4.40. The second kappa shape index (κ2) is 10.1. The number of hydrogen-bond acceptors (Lipinski definition) is 3. The van der Waals surface area contributed by atoms with Gasteiger partial charge in [0.1, 0.15) is 5.69 Å². The molecule has 6 nitrogen and oxygen atoms in total. The van der Waals surface area contributed by atoms with Gasteiger partial charge in [-0.3, -0.25) is 4.68 Å². The van der Waals surface area contributed by atoms with Gasteiger partial charge in [-0.1, -0.05) is 32.0 Å². The van der Waals surface area contributed by atoms with Gasteiger partial charge >= 0.3 is 16.6 Å². The topological polar surface area (TPSA) is 70.4 Å². The van der Waals surface area contributed by atoms with Gasteiger partial charge in [-0.25, -0.2) is 0 Å². The number of anilines is 1. The molecule has 0 aliphatic rings. The summed E-state index contributed by atoms with van der Waals surface area (Å²) in [6.07, 6.45) is -4.17. The van der Waals surface area contributed by atoms with Gasteiger partial charge in [0.2, 0.25) is 4.90 Å². The van der Waals surface area contributed by atoms with Gasteiger partial charge in [0.15, 0.2) is 0 Å². The third-order valence-corrected chi connectivity index (χ3v) is 6.97. The smallest absolute Gasteiger partial charge is 0.305 e. The number of benzene rings is 2. The van der Waals surface area contributed by atoms with E-state index in [2.05, 4.69) is 9.82 Å². The lowest BCUT2D eigenvalue weighted by molar-refractivity contribution is -0.137. The summed E-state index contributed by atoms with van der Waals surface area (Å²) < 4.78 is 70.6. The van der Waals surface area contributed by atoms with Crippen LogP contribution < -0.4 is 4.72 Å². The Bertz CT molecular complexity index is 1250. The molecular weight excluding hydrogens is 477 g/mol. The molecule has 1 unspecified atom stereocenters. The minimum absolute atomic E-state index is 0.0462. The van der Waals surface area contributed by atoms with Crippen molar-refractivity contribution < 1.29 is 21.9 Å². The molecule has 0 bridgehead atoms. The molecule has 0 aliphatic heterocycles. The first-order chi connectivity index (χ1) is 16.2. The van der Waals surface area contributed by atoms with Gasteiger partial charge in [0.25, 0.3) is 0 Å². The largest absolute Gasteiger partial charge is 0.417 e. The molecule has 10 heteroatoms. The summed E-state index contributed by atoms with van der Waals surface area (Å²) in [6, 6.07) is 10.2. The minimum Gasteiger partial charge on any atom is -0.305 e. The number of nitrogens with one attached hydrogen (secondary N) is 1. The number of halogens is 3. The number of nitrogens with zero attached hydrogens (tertiary/aromatic N) is 3. The fourth-order valence-corrected chi connectivity index (χ4v) is 5.11. The van der Waals surface area contributed by atoms with Gasteiger partial charge in [0, 0.05) is 19.7 Å². The van der Waals surface area contributed by atoms with Crippen LogP contribution in [-0.2, 0) is 40.8 Å². The number of alkyl halides is 3. The van der Waals surface area contributed by atoms with Gasteiger partial charge in [-0.15, -0.1) is 0 Å². The maximum Gasteiger partial charge on any atom is 0.417 e. The van der Waals surface area contributed by atoms with Crippen LogP contribution in [-0.4, -0.2) is 33.3 Å². The van der Waals surface area contributed by atoms with Crippen LogP contribution in [0.4, 0.5) is 18.9 Å². The van der Waals surface area contributed by atoms with Crippen molar-refractivity contribution >= 4 is 16.1 Å². The van der Waals surface area contributed by atoms with E-state index in [-0.39, 0.29) is 16.4 Å². The SMILES string of the molecule is Cc1c(N[S+](=O)(O)c2ccc(-c3cccc(CN(C)C)c3)c(C(F)(F)F)c2)c(CC(C)C)nn1C. The molecule has 0 spiro atoms. The first-order valence-corrected chi connectivity index (χ1v) is 12.7. The number of rotatable bonds is 8. The second-order valence-corrected chi connectivity index (χ2v) is 11.1. The van der Waals surface area contributed by atoms with E-state index in [0.29, 0.717) is 35.6 Å². The highest BCUT2D eigenvalue weighted by Crippen LogP contribution is 2.40. The minimum atomic E-state index is -4.72. The van der Waals surface area contributed by atoms with Crippen molar-refractivity contribution in [1.29, 1.82) is 0 Å². The molecule has 35 heavy (non-hydrogen) atoms. The Labute approximate surface area is 205 Å². The number of hydrogen-bond donors (Lipinski definition) is 2. The quantitative estimate of drug-likeness (QED) is 0.364. The second-order valence-electron chi connectivity index (χ2n) is 9.40. The van der Waals surface area contributed by atoms with E-state index in [9.17, 15) is 21.9 Å². The van der Waals surface area contributed by atoms with E-state index in [4.69, 9.17) is 0 Å². The summed E-state index contributed by atoms with van der Waals surface area (Å²) in [5.74, 6) is 0.235. The zero-order valence-electron chi connectivity index (χ0n) is 20.8. The van der Waals surface area contributed by atoms with E-state index >= 15 is 0 Å². The number of aryl methyl sites for hydroxylation is 1. The summed E-state index contributed by atoms with van der Waals surface area (Å²) in [5.41, 5.74) is 1.81. The Morgan fingerprint density at radius 1 is 1.17 bits per heavy atom. The average Bonchev–Trinajstić information content (AvgIpc) is 2.99. The molecule has 1 heterocycles. The monoisotopic (exact) mass is 509 g/mol. The van der Waals surface area contributed by atoms with Gasteiger partial charge in [0.05, 0.1) is 17.0 Å². The molecule has 3 rings (SSSR count). The standard InChI is InChI=1S/C25H31F3N4O2S/c1-16(2)12-23-24(17(3)32(6)29-23)30-35(33,34)20-10-11-21(22(14-20)25(26,27)28)19-9-7-8-18(13-19)15-31(4)5/h7-11,13-14,16H,12,15H2,1-6H3,(H-,30,33,34)/p+1. The van der Waals surface area contributed by atoms with Gasteiger partial charge < -0.3 is 4.90 Å². The van der Waals surface area contributed by atoms with Crippen molar-refractivity contribution in [3.63, 3.8) is 0 Å². The lowest BCUT2D eigenvalue weighted by Crippen LogP contribution is -2.23. The molecule has 0 saturated carbocycles. The van der Waals surface area contributed by atoms with Crippen LogP contribution in [0.15, 0.2) is 47.4 Å². The maximum absolute atomic E-state index is 14.1. The van der Waals surface area contributed by atoms with Crippen LogP contribution in [0.2, 0.25) is 0 Å². The Hall–Kier alpha value is -2.69. The molecule has 0 amide bonds. The molecule has 3 aromatic rings. The Kier molecular flexibility index (Phi) is 7.78. The highest BCUT2D eigenvalue weighted by atomic mass is 32.3. The summed E-state index contributed by atoms with van der Waals surface area (Å²) in [7, 11) is 1.42. The van der Waals surface area contributed by atoms with Crippen molar-refractivity contribution in [2.24, 2.45) is 13.0 Å². The van der Waals surface area contributed by atoms with Gasteiger partial charge in [-0.05, 0) is 72.5 Å². The molecule has 2 aromatic carbocycles. The average molecular weight is 510 g/mol. The van der Waals surface area contributed by atoms with E-state index < -0.39 is 22.1 Å². The lowest BCUT2D eigenvalue weighted by Gasteiger charge is -2.16. The van der Waals surface area contributed by atoms with E-state index in [1.165, 1.54) is 12.1 Å². The predicted octanol–water partition coefficient (Wildman–Crippen LogP) is 6.03. The van der Waals surface area contributed by atoms with E-state index in [1.807, 2.05) is 38.9 Å². The van der Waals surface area contributed by atoms with Crippen LogP contribution in [0.3, 0.4) is 0 Å². The normalized spacial score (nSPS) is 13.9. The predicted molar refractivity (Wildman–Crippen MR) is 133 cm³/mol. The first kappa shape index (κ1) is 26.9. The summed E-state index contributed by atoms with van der Waals surface area (Å²) >= 11 is 0. The summed E-state index contributed by atoms with van der Waals surface area (Å²) in [6.45, 7) is 6.29. The molecule has 0 fully saturated rings. The van der Waals surface area contributed by atoms with Crippen LogP contribution >= 0.6 is 0 Å². The molecule has 1 atom stereocenters. The van der Waals surface area contributed by atoms with Crippen LogP contribution in [0, 0.1) is 12.8 Å². The van der Waals surface area contributed by atoms with E-state index in [0.717, 1.165) is 11.6 Å².